The van der Waals surface area contributed by atoms with E-state index in [0.29, 0.717) is 15.7 Å². The molecule has 0 unspecified atom stereocenters. The summed E-state index contributed by atoms with van der Waals surface area (Å²) in [5, 5.41) is 3.38. The number of nitrogens with zero attached hydrogens (tertiary/aromatic N) is 3. The van der Waals surface area contributed by atoms with E-state index in [4.69, 9.17) is 23.2 Å². The number of benzene rings is 1. The molecule has 128 valence electrons. The largest absolute Gasteiger partial charge is 0.355 e. The van der Waals surface area contributed by atoms with Gasteiger partial charge in [-0.05, 0) is 25.0 Å². The number of hydrogen-bond acceptors (Lipinski definition) is 4. The van der Waals surface area contributed by atoms with Gasteiger partial charge in [0.05, 0.1) is 28.1 Å². The molecule has 0 aliphatic carbocycles. The van der Waals surface area contributed by atoms with Crippen LogP contribution < -0.4 is 10.2 Å². The van der Waals surface area contributed by atoms with Gasteiger partial charge in [0.1, 0.15) is 11.5 Å². The van der Waals surface area contributed by atoms with Gasteiger partial charge in [-0.3, -0.25) is 4.79 Å². The van der Waals surface area contributed by atoms with Gasteiger partial charge >= 0.3 is 0 Å². The Morgan fingerprint density at radius 1 is 1.12 bits per heavy atom. The first-order chi connectivity index (χ1) is 11.6. The van der Waals surface area contributed by atoms with E-state index >= 15 is 0 Å². The molecule has 0 spiro atoms. The first-order valence-electron chi connectivity index (χ1n) is 7.89. The molecule has 2 rings (SSSR count). The molecule has 7 heteroatoms. The number of anilines is 2. The summed E-state index contributed by atoms with van der Waals surface area (Å²) in [5.41, 5.74) is 0.668. The summed E-state index contributed by atoms with van der Waals surface area (Å²) in [6.07, 6.45) is 5.15. The van der Waals surface area contributed by atoms with Crippen molar-refractivity contribution in [1.29, 1.82) is 0 Å². The van der Waals surface area contributed by atoms with Crippen LogP contribution in [0.3, 0.4) is 0 Å². The van der Waals surface area contributed by atoms with Gasteiger partial charge in [0, 0.05) is 13.1 Å². The SMILES string of the molecule is CCCN(CCC)c1cnc(C(=O)Nc2cccc(Cl)c2Cl)cn1. The minimum atomic E-state index is -0.379. The van der Waals surface area contributed by atoms with Crippen LogP contribution in [0.5, 0.6) is 0 Å². The van der Waals surface area contributed by atoms with Crippen LogP contribution in [0.25, 0.3) is 0 Å². The van der Waals surface area contributed by atoms with Crippen molar-refractivity contribution in [3.8, 4) is 0 Å². The zero-order chi connectivity index (χ0) is 17.5. The summed E-state index contributed by atoms with van der Waals surface area (Å²) in [7, 11) is 0. The van der Waals surface area contributed by atoms with E-state index in [1.807, 2.05) is 0 Å². The van der Waals surface area contributed by atoms with E-state index in [1.165, 1.54) is 6.20 Å². The Morgan fingerprint density at radius 2 is 1.83 bits per heavy atom. The van der Waals surface area contributed by atoms with Gasteiger partial charge in [0.25, 0.3) is 5.91 Å². The maximum Gasteiger partial charge on any atom is 0.275 e. The summed E-state index contributed by atoms with van der Waals surface area (Å²) < 4.78 is 0. The van der Waals surface area contributed by atoms with E-state index in [9.17, 15) is 4.79 Å². The molecule has 5 nitrogen and oxygen atoms in total. The number of amides is 1. The van der Waals surface area contributed by atoms with E-state index in [-0.39, 0.29) is 11.6 Å². The van der Waals surface area contributed by atoms with Gasteiger partial charge in [-0.15, -0.1) is 0 Å². The Labute approximate surface area is 152 Å². The lowest BCUT2D eigenvalue weighted by molar-refractivity contribution is 0.102. The van der Waals surface area contributed by atoms with Gasteiger partial charge in [-0.2, -0.15) is 0 Å². The van der Waals surface area contributed by atoms with E-state index < -0.39 is 0 Å². The molecule has 0 fully saturated rings. The minimum Gasteiger partial charge on any atom is -0.355 e. The Morgan fingerprint density at radius 3 is 2.42 bits per heavy atom. The molecule has 0 radical (unpaired) electrons. The average Bonchev–Trinajstić information content (AvgIpc) is 2.59. The van der Waals surface area contributed by atoms with Crippen molar-refractivity contribution >= 4 is 40.6 Å². The van der Waals surface area contributed by atoms with Gasteiger partial charge in [-0.25, -0.2) is 9.97 Å². The Hall–Kier alpha value is -1.85. The lowest BCUT2D eigenvalue weighted by atomic mass is 10.3. The number of aromatic nitrogens is 2. The highest BCUT2D eigenvalue weighted by Gasteiger charge is 2.13. The van der Waals surface area contributed by atoms with Gasteiger partial charge < -0.3 is 10.2 Å². The number of halogens is 2. The topological polar surface area (TPSA) is 58.1 Å². The predicted octanol–water partition coefficient (Wildman–Crippen LogP) is 4.66. The molecule has 0 aliphatic rings. The molecule has 1 amide bonds. The third kappa shape index (κ3) is 4.58. The monoisotopic (exact) mass is 366 g/mol. The highest BCUT2D eigenvalue weighted by molar-refractivity contribution is 6.44. The molecule has 1 aromatic heterocycles. The lowest BCUT2D eigenvalue weighted by Gasteiger charge is -2.22. The van der Waals surface area contributed by atoms with Gasteiger partial charge in [0.2, 0.25) is 0 Å². The van der Waals surface area contributed by atoms with Crippen molar-refractivity contribution in [3.05, 3.63) is 46.3 Å². The number of carbonyl (C=O) groups excluding carboxylic acids is 1. The quantitative estimate of drug-likeness (QED) is 0.773. The third-order valence-electron chi connectivity index (χ3n) is 3.38. The zero-order valence-corrected chi connectivity index (χ0v) is 15.2. The second kappa shape index (κ2) is 8.85. The summed E-state index contributed by atoms with van der Waals surface area (Å²) in [4.78, 5) is 23.0. The van der Waals surface area contributed by atoms with Crippen molar-refractivity contribution < 1.29 is 4.79 Å². The fourth-order valence-corrected chi connectivity index (χ4v) is 2.62. The summed E-state index contributed by atoms with van der Waals surface area (Å²) >= 11 is 12.0. The number of rotatable bonds is 7. The summed E-state index contributed by atoms with van der Waals surface area (Å²) in [5.74, 6) is 0.395. The number of carbonyl (C=O) groups is 1. The standard InChI is InChI=1S/C17H20Cl2N4O/c1-3-8-23(9-4-2)15-11-20-14(10-21-15)17(24)22-13-7-5-6-12(18)16(13)19/h5-7,10-11H,3-4,8-9H2,1-2H3,(H,22,24). The molecule has 2 aromatic rings. The molecule has 0 saturated carbocycles. The van der Waals surface area contributed by atoms with E-state index in [2.05, 4.69) is 34.0 Å². The first-order valence-corrected chi connectivity index (χ1v) is 8.64. The second-order valence-corrected chi connectivity index (χ2v) is 6.09. The van der Waals surface area contributed by atoms with Gasteiger partial charge in [-0.1, -0.05) is 43.1 Å². The average molecular weight is 367 g/mol. The Kier molecular flexibility index (Phi) is 6.82. The van der Waals surface area contributed by atoms with E-state index in [0.717, 1.165) is 31.7 Å². The Balaban J connectivity index is 2.12. The molecule has 0 atom stereocenters. The third-order valence-corrected chi connectivity index (χ3v) is 4.20. The van der Waals surface area contributed by atoms with Crippen LogP contribution in [-0.2, 0) is 0 Å². The van der Waals surface area contributed by atoms with Crippen LogP contribution in [0, 0.1) is 0 Å². The normalized spacial score (nSPS) is 10.5. The summed E-state index contributed by atoms with van der Waals surface area (Å²) in [6.45, 7) is 6.05. The second-order valence-electron chi connectivity index (χ2n) is 5.30. The van der Waals surface area contributed by atoms with Crippen LogP contribution in [0.2, 0.25) is 10.0 Å². The maximum atomic E-state index is 12.3. The molecule has 1 N–H and O–H groups in total. The van der Waals surface area contributed by atoms with Gasteiger partial charge in [0.15, 0.2) is 0 Å². The highest BCUT2D eigenvalue weighted by atomic mass is 35.5. The van der Waals surface area contributed by atoms with Crippen molar-refractivity contribution in [2.24, 2.45) is 0 Å². The molecule has 0 bridgehead atoms. The van der Waals surface area contributed by atoms with Crippen molar-refractivity contribution in [1.82, 2.24) is 9.97 Å². The van der Waals surface area contributed by atoms with Crippen molar-refractivity contribution in [2.75, 3.05) is 23.3 Å². The fourth-order valence-electron chi connectivity index (χ4n) is 2.27. The molecule has 0 aliphatic heterocycles. The highest BCUT2D eigenvalue weighted by Crippen LogP contribution is 2.29. The smallest absolute Gasteiger partial charge is 0.275 e. The molecular weight excluding hydrogens is 347 g/mol. The van der Waals surface area contributed by atoms with Crippen molar-refractivity contribution in [2.45, 2.75) is 26.7 Å². The molecular formula is C17H20Cl2N4O. The fraction of sp³-hybridized carbons (Fsp3) is 0.353. The minimum absolute atomic E-state index is 0.225. The van der Waals surface area contributed by atoms with Crippen LogP contribution in [0.1, 0.15) is 37.2 Å². The maximum absolute atomic E-state index is 12.3. The Bertz CT molecular complexity index is 685. The molecule has 1 heterocycles. The van der Waals surface area contributed by atoms with Crippen LogP contribution in [-0.4, -0.2) is 29.0 Å². The molecule has 24 heavy (non-hydrogen) atoms. The van der Waals surface area contributed by atoms with E-state index in [1.54, 1.807) is 24.4 Å². The zero-order valence-electron chi connectivity index (χ0n) is 13.7. The number of nitrogens with one attached hydrogen (secondary N) is 1. The first kappa shape index (κ1) is 18.5. The van der Waals surface area contributed by atoms with Crippen molar-refractivity contribution in [3.63, 3.8) is 0 Å². The van der Waals surface area contributed by atoms with Crippen LogP contribution >= 0.6 is 23.2 Å². The number of hydrogen-bond donors (Lipinski definition) is 1. The van der Waals surface area contributed by atoms with Crippen LogP contribution in [0.15, 0.2) is 30.6 Å². The predicted molar refractivity (Wildman–Crippen MR) is 99.2 cm³/mol. The van der Waals surface area contributed by atoms with Crippen LogP contribution in [0.4, 0.5) is 11.5 Å². The molecule has 0 saturated heterocycles. The lowest BCUT2D eigenvalue weighted by Crippen LogP contribution is -2.26. The molecule has 1 aromatic carbocycles. The summed E-state index contributed by atoms with van der Waals surface area (Å²) in [6, 6.07) is 5.05.